The van der Waals surface area contributed by atoms with Crippen molar-refractivity contribution in [1.29, 1.82) is 0 Å². The van der Waals surface area contributed by atoms with E-state index in [9.17, 15) is 14.4 Å². The number of hydrogen-bond donors (Lipinski definition) is 0. The molecule has 25 heavy (non-hydrogen) atoms. The van der Waals surface area contributed by atoms with E-state index in [2.05, 4.69) is 0 Å². The minimum Gasteiger partial charge on any atom is -0.447 e. The van der Waals surface area contributed by atoms with E-state index >= 15 is 0 Å². The van der Waals surface area contributed by atoms with E-state index in [4.69, 9.17) is 9.47 Å². The van der Waals surface area contributed by atoms with Crippen molar-refractivity contribution in [2.45, 2.75) is 25.1 Å². The SMILES string of the molecule is O=C1OCCN1C(=O)N1C2C=CC(C2)N1C(=O)OCc1ccccc1. The Kier molecular flexibility index (Phi) is 3.79. The van der Waals surface area contributed by atoms with Crippen molar-refractivity contribution in [1.82, 2.24) is 14.9 Å². The van der Waals surface area contributed by atoms with Crippen LogP contribution in [0.1, 0.15) is 12.0 Å². The quantitative estimate of drug-likeness (QED) is 0.769. The van der Waals surface area contributed by atoms with Gasteiger partial charge in [-0.2, -0.15) is 0 Å². The number of hydrogen-bond acceptors (Lipinski definition) is 5. The first-order valence-electron chi connectivity index (χ1n) is 8.11. The zero-order chi connectivity index (χ0) is 17.4. The molecule has 2 bridgehead atoms. The van der Waals surface area contributed by atoms with Crippen molar-refractivity contribution in [3.63, 3.8) is 0 Å². The Hall–Kier alpha value is -3.03. The molecule has 2 unspecified atom stereocenters. The molecule has 0 aromatic heterocycles. The molecule has 2 atom stereocenters. The number of hydrazine groups is 1. The normalized spacial score (nSPS) is 24.0. The number of imide groups is 1. The van der Waals surface area contributed by atoms with E-state index < -0.39 is 18.2 Å². The van der Waals surface area contributed by atoms with Crippen LogP contribution in [0.25, 0.3) is 0 Å². The number of carbonyl (C=O) groups excluding carboxylic acids is 3. The lowest BCUT2D eigenvalue weighted by Crippen LogP contribution is -2.56. The summed E-state index contributed by atoms with van der Waals surface area (Å²) < 4.78 is 10.2. The lowest BCUT2D eigenvalue weighted by atomic mass is 10.2. The summed E-state index contributed by atoms with van der Waals surface area (Å²) in [5.41, 5.74) is 0.858. The number of urea groups is 1. The van der Waals surface area contributed by atoms with E-state index in [-0.39, 0.29) is 31.8 Å². The molecule has 2 fully saturated rings. The van der Waals surface area contributed by atoms with Crippen LogP contribution in [0.15, 0.2) is 42.5 Å². The molecule has 2 aliphatic heterocycles. The summed E-state index contributed by atoms with van der Waals surface area (Å²) in [6, 6.07) is 8.25. The van der Waals surface area contributed by atoms with Gasteiger partial charge in [0.15, 0.2) is 0 Å². The molecular formula is C17H17N3O5. The molecule has 4 amide bonds. The third-order valence-corrected chi connectivity index (χ3v) is 4.48. The summed E-state index contributed by atoms with van der Waals surface area (Å²) in [4.78, 5) is 37.9. The second-order valence-electron chi connectivity index (χ2n) is 6.03. The molecule has 8 nitrogen and oxygen atoms in total. The van der Waals surface area contributed by atoms with Crippen LogP contribution in [0.4, 0.5) is 14.4 Å². The Labute approximate surface area is 144 Å². The summed E-state index contributed by atoms with van der Waals surface area (Å²) in [5.74, 6) is 0. The predicted octanol–water partition coefficient (Wildman–Crippen LogP) is 2.13. The maximum absolute atomic E-state index is 12.7. The van der Waals surface area contributed by atoms with Gasteiger partial charge in [-0.1, -0.05) is 42.5 Å². The van der Waals surface area contributed by atoms with Gasteiger partial charge < -0.3 is 9.47 Å². The van der Waals surface area contributed by atoms with Crippen molar-refractivity contribution in [3.05, 3.63) is 48.0 Å². The van der Waals surface area contributed by atoms with E-state index in [1.54, 1.807) is 0 Å². The predicted molar refractivity (Wildman–Crippen MR) is 85.1 cm³/mol. The number of fused-ring (bicyclic) bond motifs is 2. The fourth-order valence-corrected chi connectivity index (χ4v) is 3.28. The molecule has 0 radical (unpaired) electrons. The van der Waals surface area contributed by atoms with Crippen molar-refractivity contribution in [2.75, 3.05) is 13.2 Å². The largest absolute Gasteiger partial charge is 0.447 e. The first-order chi connectivity index (χ1) is 12.1. The van der Waals surface area contributed by atoms with E-state index in [1.807, 2.05) is 42.5 Å². The molecule has 1 aromatic carbocycles. The van der Waals surface area contributed by atoms with Crippen LogP contribution in [-0.4, -0.2) is 58.4 Å². The lowest BCUT2D eigenvalue weighted by Gasteiger charge is -2.35. The second kappa shape index (κ2) is 6.12. The number of amides is 4. The molecule has 8 heteroatoms. The molecule has 0 saturated carbocycles. The molecule has 4 rings (SSSR count). The highest BCUT2D eigenvalue weighted by Gasteiger charge is 2.50. The van der Waals surface area contributed by atoms with Crippen molar-refractivity contribution in [3.8, 4) is 0 Å². The minimum absolute atomic E-state index is 0.116. The molecule has 0 spiro atoms. The third-order valence-electron chi connectivity index (χ3n) is 4.48. The fraction of sp³-hybridized carbons (Fsp3) is 0.353. The van der Waals surface area contributed by atoms with Crippen molar-refractivity contribution < 1.29 is 23.9 Å². The molecule has 1 aromatic rings. The summed E-state index contributed by atoms with van der Waals surface area (Å²) >= 11 is 0. The molecule has 2 heterocycles. The van der Waals surface area contributed by atoms with Gasteiger partial charge in [-0.15, -0.1) is 0 Å². The van der Waals surface area contributed by atoms with Crippen molar-refractivity contribution >= 4 is 18.2 Å². The van der Waals surface area contributed by atoms with Gasteiger partial charge in [0.2, 0.25) is 0 Å². The number of carbonyl (C=O) groups is 3. The molecular weight excluding hydrogens is 326 g/mol. The third kappa shape index (κ3) is 2.69. The van der Waals surface area contributed by atoms with Gasteiger partial charge in [0.25, 0.3) is 0 Å². The van der Waals surface area contributed by atoms with Gasteiger partial charge in [0.1, 0.15) is 13.2 Å². The molecule has 0 N–H and O–H groups in total. The Morgan fingerprint density at radius 1 is 1.12 bits per heavy atom. The summed E-state index contributed by atoms with van der Waals surface area (Å²) in [7, 11) is 0. The Morgan fingerprint density at radius 2 is 1.84 bits per heavy atom. The van der Waals surface area contributed by atoms with Crippen LogP contribution < -0.4 is 0 Å². The van der Waals surface area contributed by atoms with Gasteiger partial charge in [-0.05, 0) is 12.0 Å². The number of ether oxygens (including phenoxy) is 2. The maximum Gasteiger partial charge on any atom is 0.429 e. The van der Waals surface area contributed by atoms with Crippen LogP contribution in [0.3, 0.4) is 0 Å². The smallest absolute Gasteiger partial charge is 0.429 e. The van der Waals surface area contributed by atoms with Crippen LogP contribution in [0.5, 0.6) is 0 Å². The molecule has 130 valence electrons. The number of rotatable bonds is 2. The van der Waals surface area contributed by atoms with Gasteiger partial charge >= 0.3 is 18.2 Å². The summed E-state index contributed by atoms with van der Waals surface area (Å²) in [5, 5.41) is 2.59. The lowest BCUT2D eigenvalue weighted by molar-refractivity contribution is 0.00197. The van der Waals surface area contributed by atoms with E-state index in [1.165, 1.54) is 10.0 Å². The zero-order valence-corrected chi connectivity index (χ0v) is 13.4. The van der Waals surface area contributed by atoms with E-state index in [0.29, 0.717) is 6.42 Å². The second-order valence-corrected chi connectivity index (χ2v) is 6.03. The standard InChI is InChI=1S/C17H17N3O5/c21-15(18-8-9-24-16(18)22)19-13-6-7-14(10-13)20(19)17(23)25-11-12-4-2-1-3-5-12/h1-7,13-14H,8-11H2. The number of benzene rings is 1. The highest BCUT2D eigenvalue weighted by atomic mass is 16.6. The van der Waals surface area contributed by atoms with Gasteiger partial charge in [-0.25, -0.2) is 29.3 Å². The highest BCUT2D eigenvalue weighted by Crippen LogP contribution is 2.34. The topological polar surface area (TPSA) is 79.4 Å². The average Bonchev–Trinajstić information content (AvgIpc) is 3.35. The van der Waals surface area contributed by atoms with E-state index in [0.717, 1.165) is 10.5 Å². The highest BCUT2D eigenvalue weighted by molar-refractivity contribution is 5.93. The number of cyclic esters (lactones) is 1. The van der Waals surface area contributed by atoms with Crippen LogP contribution in [0.2, 0.25) is 0 Å². The maximum atomic E-state index is 12.7. The molecule has 2 saturated heterocycles. The van der Waals surface area contributed by atoms with Gasteiger partial charge in [0, 0.05) is 0 Å². The molecule has 3 aliphatic rings. The Bertz CT molecular complexity index is 735. The van der Waals surface area contributed by atoms with Gasteiger partial charge in [0.05, 0.1) is 18.6 Å². The molecule has 1 aliphatic carbocycles. The Balaban J connectivity index is 1.48. The minimum atomic E-state index is -0.686. The van der Waals surface area contributed by atoms with Crippen LogP contribution in [-0.2, 0) is 16.1 Å². The van der Waals surface area contributed by atoms with Crippen LogP contribution >= 0.6 is 0 Å². The van der Waals surface area contributed by atoms with Gasteiger partial charge in [-0.3, -0.25) is 0 Å². The Morgan fingerprint density at radius 3 is 2.52 bits per heavy atom. The average molecular weight is 343 g/mol. The number of nitrogens with zero attached hydrogens (tertiary/aromatic N) is 3. The fourth-order valence-electron chi connectivity index (χ4n) is 3.28. The summed E-state index contributed by atoms with van der Waals surface area (Å²) in [6.45, 7) is 0.466. The monoisotopic (exact) mass is 343 g/mol. The first kappa shape index (κ1) is 15.5. The van der Waals surface area contributed by atoms with Crippen molar-refractivity contribution in [2.24, 2.45) is 0 Å². The van der Waals surface area contributed by atoms with Crippen LogP contribution in [0, 0.1) is 0 Å². The zero-order valence-electron chi connectivity index (χ0n) is 13.4. The first-order valence-corrected chi connectivity index (χ1v) is 8.11. The summed E-state index contributed by atoms with van der Waals surface area (Å²) in [6.07, 6.45) is 3.05.